The summed E-state index contributed by atoms with van der Waals surface area (Å²) >= 11 is 0. The number of nitrogens with zero attached hydrogens (tertiary/aromatic N) is 3. The van der Waals surface area contributed by atoms with Crippen molar-refractivity contribution >= 4 is 0 Å². The molecule has 0 spiro atoms. The molecule has 1 N–H and O–H groups in total. The summed E-state index contributed by atoms with van der Waals surface area (Å²) in [4.78, 5) is 2.53. The normalized spacial score (nSPS) is 21.4. The molecule has 1 aliphatic rings. The van der Waals surface area contributed by atoms with Gasteiger partial charge in [-0.25, -0.2) is 0 Å². The molecule has 0 amide bonds. The zero-order valence-electron chi connectivity index (χ0n) is 11.9. The maximum Gasteiger partial charge on any atom is 0.0666 e. The van der Waals surface area contributed by atoms with E-state index in [0.29, 0.717) is 6.04 Å². The molecular weight excluding hydrogens is 224 g/mol. The SMILES string of the molecule is CCc1nn(C)cc1CNC1CCCN(CC)C1. The summed E-state index contributed by atoms with van der Waals surface area (Å²) in [6, 6.07) is 0.642. The maximum atomic E-state index is 4.49. The van der Waals surface area contributed by atoms with Crippen LogP contribution < -0.4 is 5.32 Å². The van der Waals surface area contributed by atoms with Crippen LogP contribution in [0, 0.1) is 0 Å². The number of aromatic nitrogens is 2. The van der Waals surface area contributed by atoms with E-state index in [1.807, 2.05) is 11.7 Å². The first-order chi connectivity index (χ1) is 8.72. The van der Waals surface area contributed by atoms with E-state index < -0.39 is 0 Å². The minimum Gasteiger partial charge on any atom is -0.309 e. The molecule has 1 aliphatic heterocycles. The Kier molecular flexibility index (Phi) is 4.78. The van der Waals surface area contributed by atoms with Gasteiger partial charge >= 0.3 is 0 Å². The second kappa shape index (κ2) is 6.34. The molecule has 0 saturated carbocycles. The molecular formula is C14H26N4. The van der Waals surface area contributed by atoms with Crippen molar-refractivity contribution in [3.63, 3.8) is 0 Å². The Balaban J connectivity index is 1.86. The van der Waals surface area contributed by atoms with Gasteiger partial charge in [-0.1, -0.05) is 13.8 Å². The van der Waals surface area contributed by atoms with Crippen LogP contribution in [0.5, 0.6) is 0 Å². The molecule has 1 aromatic rings. The average molecular weight is 250 g/mol. The number of likely N-dealkylation sites (tertiary alicyclic amines) is 1. The molecule has 1 unspecified atom stereocenters. The van der Waals surface area contributed by atoms with Gasteiger partial charge in [0.05, 0.1) is 5.69 Å². The predicted octanol–water partition coefficient (Wildman–Crippen LogP) is 1.56. The Morgan fingerprint density at radius 1 is 1.44 bits per heavy atom. The summed E-state index contributed by atoms with van der Waals surface area (Å²) in [6.45, 7) is 9.01. The number of piperidine rings is 1. The quantitative estimate of drug-likeness (QED) is 0.861. The molecule has 2 rings (SSSR count). The average Bonchev–Trinajstić information content (AvgIpc) is 2.77. The van der Waals surface area contributed by atoms with Crippen LogP contribution in [0.2, 0.25) is 0 Å². The second-order valence-electron chi connectivity index (χ2n) is 5.24. The highest BCUT2D eigenvalue weighted by Crippen LogP contribution is 2.12. The van der Waals surface area contributed by atoms with Gasteiger partial charge in [0.15, 0.2) is 0 Å². The van der Waals surface area contributed by atoms with Gasteiger partial charge in [-0.05, 0) is 32.4 Å². The van der Waals surface area contributed by atoms with Crippen molar-refractivity contribution < 1.29 is 0 Å². The van der Waals surface area contributed by atoms with Crippen molar-refractivity contribution in [2.24, 2.45) is 7.05 Å². The monoisotopic (exact) mass is 250 g/mol. The lowest BCUT2D eigenvalue weighted by Gasteiger charge is -2.32. The fraction of sp³-hybridized carbons (Fsp3) is 0.786. The number of hydrogen-bond donors (Lipinski definition) is 1. The molecule has 2 heterocycles. The van der Waals surface area contributed by atoms with Crippen LogP contribution in [0.1, 0.15) is 37.9 Å². The molecule has 0 aliphatic carbocycles. The summed E-state index contributed by atoms with van der Waals surface area (Å²) in [5.41, 5.74) is 2.58. The first-order valence-corrected chi connectivity index (χ1v) is 7.20. The van der Waals surface area contributed by atoms with Crippen LogP contribution in [0.4, 0.5) is 0 Å². The van der Waals surface area contributed by atoms with Gasteiger partial charge < -0.3 is 10.2 Å². The zero-order valence-corrected chi connectivity index (χ0v) is 11.9. The van der Waals surface area contributed by atoms with Gasteiger partial charge in [-0.3, -0.25) is 4.68 Å². The van der Waals surface area contributed by atoms with Gasteiger partial charge in [-0.2, -0.15) is 5.10 Å². The molecule has 1 aromatic heterocycles. The van der Waals surface area contributed by atoms with Crippen LogP contribution in [0.15, 0.2) is 6.20 Å². The Hall–Kier alpha value is -0.870. The smallest absolute Gasteiger partial charge is 0.0666 e. The van der Waals surface area contributed by atoms with Crippen molar-refractivity contribution in [2.75, 3.05) is 19.6 Å². The van der Waals surface area contributed by atoms with E-state index in [0.717, 1.165) is 13.0 Å². The minimum atomic E-state index is 0.642. The summed E-state index contributed by atoms with van der Waals surface area (Å²) < 4.78 is 1.93. The van der Waals surface area contributed by atoms with E-state index in [4.69, 9.17) is 0 Å². The fourth-order valence-electron chi connectivity index (χ4n) is 2.79. The third-order valence-electron chi connectivity index (χ3n) is 3.86. The third-order valence-corrected chi connectivity index (χ3v) is 3.86. The van der Waals surface area contributed by atoms with Crippen LogP contribution in [-0.2, 0) is 20.0 Å². The first-order valence-electron chi connectivity index (χ1n) is 7.20. The molecule has 0 aromatic carbocycles. The summed E-state index contributed by atoms with van der Waals surface area (Å²) in [7, 11) is 2.00. The Morgan fingerprint density at radius 3 is 3.00 bits per heavy atom. The lowest BCUT2D eigenvalue weighted by Crippen LogP contribution is -2.45. The number of nitrogens with one attached hydrogen (secondary N) is 1. The first kappa shape index (κ1) is 13.6. The molecule has 1 atom stereocenters. The molecule has 0 radical (unpaired) electrons. The molecule has 0 bridgehead atoms. The predicted molar refractivity (Wildman–Crippen MR) is 74.6 cm³/mol. The molecule has 4 heteroatoms. The number of likely N-dealkylation sites (N-methyl/N-ethyl adjacent to an activating group) is 1. The summed E-state index contributed by atoms with van der Waals surface area (Å²) in [5.74, 6) is 0. The zero-order chi connectivity index (χ0) is 13.0. The van der Waals surface area contributed by atoms with E-state index in [1.54, 1.807) is 0 Å². The molecule has 1 saturated heterocycles. The van der Waals surface area contributed by atoms with E-state index in [2.05, 4.69) is 35.4 Å². The van der Waals surface area contributed by atoms with Gasteiger partial charge in [0.2, 0.25) is 0 Å². The van der Waals surface area contributed by atoms with Gasteiger partial charge in [0.25, 0.3) is 0 Å². The van der Waals surface area contributed by atoms with Crippen molar-refractivity contribution in [1.82, 2.24) is 20.0 Å². The Morgan fingerprint density at radius 2 is 2.28 bits per heavy atom. The van der Waals surface area contributed by atoms with Crippen LogP contribution in [0.25, 0.3) is 0 Å². The van der Waals surface area contributed by atoms with Crippen molar-refractivity contribution in [3.05, 3.63) is 17.5 Å². The molecule has 1 fully saturated rings. The highest BCUT2D eigenvalue weighted by atomic mass is 15.3. The van der Waals surface area contributed by atoms with E-state index >= 15 is 0 Å². The van der Waals surface area contributed by atoms with Crippen molar-refractivity contribution in [1.29, 1.82) is 0 Å². The summed E-state index contributed by atoms with van der Waals surface area (Å²) in [6.07, 6.45) is 5.78. The van der Waals surface area contributed by atoms with E-state index in [1.165, 1.54) is 43.7 Å². The van der Waals surface area contributed by atoms with Gasteiger partial charge in [0, 0.05) is 37.9 Å². The van der Waals surface area contributed by atoms with Gasteiger partial charge in [0.1, 0.15) is 0 Å². The van der Waals surface area contributed by atoms with Crippen molar-refractivity contribution in [2.45, 2.75) is 45.7 Å². The minimum absolute atomic E-state index is 0.642. The van der Waals surface area contributed by atoms with Gasteiger partial charge in [-0.15, -0.1) is 0 Å². The fourth-order valence-corrected chi connectivity index (χ4v) is 2.79. The van der Waals surface area contributed by atoms with Crippen LogP contribution in [-0.4, -0.2) is 40.4 Å². The molecule has 4 nitrogen and oxygen atoms in total. The third kappa shape index (κ3) is 3.33. The van der Waals surface area contributed by atoms with Crippen molar-refractivity contribution in [3.8, 4) is 0 Å². The Bertz CT molecular complexity index is 372. The van der Waals surface area contributed by atoms with Crippen LogP contribution >= 0.6 is 0 Å². The number of hydrogen-bond acceptors (Lipinski definition) is 3. The second-order valence-corrected chi connectivity index (χ2v) is 5.24. The number of aryl methyl sites for hydroxylation is 2. The number of rotatable bonds is 5. The largest absolute Gasteiger partial charge is 0.309 e. The lowest BCUT2D eigenvalue weighted by atomic mass is 10.1. The summed E-state index contributed by atoms with van der Waals surface area (Å²) in [5, 5.41) is 8.19. The van der Waals surface area contributed by atoms with Crippen LogP contribution in [0.3, 0.4) is 0 Å². The highest BCUT2D eigenvalue weighted by molar-refractivity contribution is 5.16. The topological polar surface area (TPSA) is 33.1 Å². The Labute approximate surface area is 110 Å². The van der Waals surface area contributed by atoms with E-state index in [9.17, 15) is 0 Å². The molecule has 18 heavy (non-hydrogen) atoms. The highest BCUT2D eigenvalue weighted by Gasteiger charge is 2.18. The lowest BCUT2D eigenvalue weighted by molar-refractivity contribution is 0.198. The standard InChI is InChI=1S/C14H26N4/c1-4-14-12(10-17(3)16-14)9-15-13-7-6-8-18(5-2)11-13/h10,13,15H,4-9,11H2,1-3H3. The van der Waals surface area contributed by atoms with E-state index in [-0.39, 0.29) is 0 Å². The molecule has 102 valence electrons. The maximum absolute atomic E-state index is 4.49.